The predicted molar refractivity (Wildman–Crippen MR) is 566 cm³/mol. The van der Waals surface area contributed by atoms with Crippen LogP contribution in [0.15, 0.2) is 152 Å². The number of aliphatic carboxylic acids is 1. The minimum absolute atomic E-state index is 0.0972. The number of carboxylic acids is 1. The smallest absolute Gasteiger partial charge is 0.317 e. The van der Waals surface area contributed by atoms with Crippen molar-refractivity contribution in [2.45, 2.75) is 313 Å². The molecular weight excluding hydrogens is 1720 g/mol. The molecule has 3 amide bonds. The number of hydrogen-bond acceptors (Lipinski definition) is 18. The van der Waals surface area contributed by atoms with Crippen LogP contribution in [0.4, 0.5) is 4.79 Å². The highest BCUT2D eigenvalue weighted by atomic mass is 32.2. The summed E-state index contributed by atoms with van der Waals surface area (Å²) >= 11 is 0. The molecule has 9 saturated heterocycles. The number of piperidine rings is 4. The lowest BCUT2D eigenvalue weighted by atomic mass is 9.91. The van der Waals surface area contributed by atoms with Crippen LogP contribution in [0.1, 0.15) is 280 Å². The Labute approximate surface area is 827 Å². The van der Waals surface area contributed by atoms with Gasteiger partial charge < -0.3 is 39.7 Å². The Hall–Kier alpha value is -6.59. The fourth-order valence-corrected chi connectivity index (χ4v) is 21.0. The number of morpholine rings is 1. The standard InChI is InChI=1S/C15H22N2O.C14H22N2O2S.2C14H21N.C13H19NO.C11H21N3O.C11H25N3.C11H21NO.C9H17NO2/c1-12(2)17-10-9-16(13(3)18)11-15(17)14-7-5-4-6-8-14;1-12(2)16-10-9-15(19(3,17)18)11-14(16)13-7-5-4-6-8-13;2*1-12(2)15-11-7-6-10-14(15)13-8-4-3-5-9-13;1-11(2)14-8-9-15-10-13(14)12-6-4-3-5-7-12;1-9(2)13-5-7-14(8-6-13)11(15)12-10-3-4-10;1-11(2)14-9-7-13(8-10-14)6-5-12(3)4;1-4-11(13)10-5-7-12(8-6-10)9(2)3;1-7(2)10-5-3-8(4-6-10)9(11)12/h4-8,12,15H,9-11H2,1-3H3;4-8,12,14H,9-11H2,1-3H3;2*3-5,8-9,12,14H,6-7,10-11H2,1-2H3;3-7,11,13H,8-10H2,1-2H3;9-10H,3-8H2,1-2H3,(H,12,15);11H,5-10H2,1-4H3;9-10H,4-8H2,1-3H3;7-8H,3-6H2,1-2H3,(H,11,12). The maximum atomic E-state index is 11.7. The fourth-order valence-electron chi connectivity index (χ4n) is 20.2. The van der Waals surface area contributed by atoms with Crippen molar-refractivity contribution in [2.24, 2.45) is 11.8 Å². The number of likely N-dealkylation sites (N-methyl/N-ethyl adjacent to an activating group) is 1. The summed E-state index contributed by atoms with van der Waals surface area (Å²) in [5.74, 6) is 0.279. The van der Waals surface area contributed by atoms with Gasteiger partial charge >= 0.3 is 12.0 Å². The third-order valence-corrected chi connectivity index (χ3v) is 30.4. The molecule has 9 heterocycles. The SMILES string of the molecule is CC(=O)N1CCN(C(C)C)C(c2ccccc2)C1.CC(C)N1CCC(C(=O)O)CC1.CC(C)N1CCCCC1c1ccccc1.CC(C)N1CCCCC1c1ccccc1.CC(C)N1CCN(C(=O)NC2CC2)CC1.CC(C)N1CCN(CCN(C)C)CC1.CC(C)N1CCN(S(C)(=O)=O)CC1c1ccccc1.CC(C)N1CCOCC1c1ccccc1.CCC(=O)C1CCN(C(C)C)CC1. The molecule has 1 aliphatic carbocycles. The molecule has 23 nitrogen and oxygen atoms in total. The van der Waals surface area contributed by atoms with Crippen LogP contribution in [0.5, 0.6) is 0 Å². The van der Waals surface area contributed by atoms with E-state index in [1.54, 1.807) is 11.2 Å². The number of nitrogens with one attached hydrogen (secondary N) is 1. The number of piperazine rings is 4. The predicted octanol–water partition coefficient (Wildman–Crippen LogP) is 18.5. The van der Waals surface area contributed by atoms with E-state index in [1.165, 1.54) is 125 Å². The zero-order chi connectivity index (χ0) is 99.6. The van der Waals surface area contributed by atoms with Gasteiger partial charge in [-0.1, -0.05) is 171 Å². The molecule has 5 aromatic rings. The van der Waals surface area contributed by atoms with Gasteiger partial charge in [0, 0.05) is 209 Å². The van der Waals surface area contributed by atoms with E-state index in [2.05, 4.69) is 325 Å². The summed E-state index contributed by atoms with van der Waals surface area (Å²) in [6, 6.07) is 61.3. The average molecular weight is 1910 g/mol. The molecule has 5 atom stereocenters. The molecule has 0 aromatic heterocycles. The molecule has 10 fully saturated rings. The third kappa shape index (κ3) is 40.4. The lowest BCUT2D eigenvalue weighted by Gasteiger charge is -2.43. The van der Waals surface area contributed by atoms with Crippen LogP contribution in [0.2, 0.25) is 0 Å². The van der Waals surface area contributed by atoms with E-state index in [4.69, 9.17) is 9.84 Å². The number of carboxylic acid groups (broad SMARTS) is 1. The Morgan fingerprint density at radius 2 is 0.721 bits per heavy atom. The van der Waals surface area contributed by atoms with Crippen molar-refractivity contribution in [3.8, 4) is 0 Å². The van der Waals surface area contributed by atoms with Crippen molar-refractivity contribution < 1.29 is 37.4 Å². The maximum Gasteiger partial charge on any atom is 0.317 e. The number of sulfonamides is 1. The molecule has 1 saturated carbocycles. The zero-order valence-electron chi connectivity index (χ0n) is 89.1. The van der Waals surface area contributed by atoms with Crippen molar-refractivity contribution in [2.75, 3.05) is 184 Å². The molecule has 0 radical (unpaired) electrons. The molecule has 0 bridgehead atoms. The summed E-state index contributed by atoms with van der Waals surface area (Å²) in [5.41, 5.74) is 6.84. The number of rotatable bonds is 22. The van der Waals surface area contributed by atoms with Crippen molar-refractivity contribution in [1.29, 1.82) is 0 Å². The van der Waals surface area contributed by atoms with Gasteiger partial charge in [0.05, 0.1) is 37.5 Å². The number of ketones is 1. The minimum atomic E-state index is -3.11. The van der Waals surface area contributed by atoms with E-state index < -0.39 is 16.0 Å². The van der Waals surface area contributed by atoms with Gasteiger partial charge in [-0.25, -0.2) is 13.2 Å². The van der Waals surface area contributed by atoms with E-state index in [1.807, 2.05) is 41.0 Å². The monoisotopic (exact) mass is 1900 g/mol. The lowest BCUT2D eigenvalue weighted by Crippen LogP contribution is -2.53. The summed E-state index contributed by atoms with van der Waals surface area (Å²) < 4.78 is 30.7. The van der Waals surface area contributed by atoms with Crippen molar-refractivity contribution >= 4 is 33.7 Å². The quantitative estimate of drug-likeness (QED) is 0.0665. The lowest BCUT2D eigenvalue weighted by molar-refractivity contribution is -0.143. The molecule has 24 heteroatoms. The van der Waals surface area contributed by atoms with Crippen LogP contribution >= 0.6 is 0 Å². The normalized spacial score (nSPS) is 22.3. The van der Waals surface area contributed by atoms with Gasteiger partial charge in [-0.15, -0.1) is 0 Å². The first-order valence-corrected chi connectivity index (χ1v) is 54.7. The Bertz CT molecular complexity index is 4010. The molecule has 10 aliphatic rings. The summed E-state index contributed by atoms with van der Waals surface area (Å²) in [7, 11) is 1.18. The third-order valence-electron chi connectivity index (χ3n) is 29.1. The fraction of sp³-hybridized carbons (Fsp3) is 0.696. The molecule has 5 unspecified atom stereocenters. The van der Waals surface area contributed by atoms with E-state index in [0.717, 1.165) is 137 Å². The molecule has 2 N–H and O–H groups in total. The molecule has 0 spiro atoms. The first-order chi connectivity index (χ1) is 64.9. The van der Waals surface area contributed by atoms with Crippen LogP contribution in [0, 0.1) is 11.8 Å². The number of amides is 3. The van der Waals surface area contributed by atoms with Crippen LogP contribution < -0.4 is 5.32 Å². The highest BCUT2D eigenvalue weighted by Gasteiger charge is 2.37. The van der Waals surface area contributed by atoms with E-state index in [0.29, 0.717) is 116 Å². The van der Waals surface area contributed by atoms with Crippen molar-refractivity contribution in [3.05, 3.63) is 179 Å². The maximum absolute atomic E-state index is 11.7. The zero-order valence-corrected chi connectivity index (χ0v) is 89.9. The second-order valence-corrected chi connectivity index (χ2v) is 44.0. The Morgan fingerprint density at radius 1 is 0.382 bits per heavy atom. The van der Waals surface area contributed by atoms with Gasteiger partial charge in [0.2, 0.25) is 15.9 Å². The molecule has 136 heavy (non-hydrogen) atoms. The molecule has 15 rings (SSSR count). The Balaban J connectivity index is 0.000000209. The molecular formula is C112H189N15O8S. The number of carbonyl (C=O) groups excluding carboxylic acids is 3. The van der Waals surface area contributed by atoms with Gasteiger partial charge in [0.25, 0.3) is 0 Å². The minimum Gasteiger partial charge on any atom is -0.481 e. The van der Waals surface area contributed by atoms with Crippen LogP contribution in [-0.2, 0) is 29.1 Å². The number of carbonyl (C=O) groups is 4. The highest BCUT2D eigenvalue weighted by Crippen LogP contribution is 2.36. The molecule has 9 aliphatic heterocycles. The number of likely N-dealkylation sites (tertiary alicyclic amines) is 4. The summed E-state index contributed by atoms with van der Waals surface area (Å²) in [4.78, 5) is 76.5. The average Bonchev–Trinajstić information content (AvgIpc) is 1.20. The summed E-state index contributed by atoms with van der Waals surface area (Å²) in [6.07, 6.45) is 16.2. The van der Waals surface area contributed by atoms with Crippen LogP contribution in [-0.4, -0.2) is 350 Å². The number of ether oxygens (including phenoxy) is 1. The van der Waals surface area contributed by atoms with Gasteiger partial charge in [0.1, 0.15) is 5.78 Å². The van der Waals surface area contributed by atoms with Crippen molar-refractivity contribution in [3.63, 3.8) is 0 Å². The van der Waals surface area contributed by atoms with Crippen molar-refractivity contribution in [1.82, 2.24) is 73.3 Å². The topological polar surface area (TPSA) is 189 Å². The van der Waals surface area contributed by atoms with Gasteiger partial charge in [-0.3, -0.25) is 53.6 Å². The van der Waals surface area contributed by atoms with Gasteiger partial charge in [0.15, 0.2) is 0 Å². The van der Waals surface area contributed by atoms with Crippen LogP contribution in [0.3, 0.4) is 0 Å². The largest absolute Gasteiger partial charge is 0.481 e. The number of hydrogen-bond donors (Lipinski definition) is 2. The number of urea groups is 1. The number of benzene rings is 5. The number of nitrogens with zero attached hydrogens (tertiary/aromatic N) is 14. The Morgan fingerprint density at radius 3 is 1.07 bits per heavy atom. The molecule has 5 aromatic carbocycles. The van der Waals surface area contributed by atoms with E-state index in [9.17, 15) is 27.6 Å². The van der Waals surface area contributed by atoms with Gasteiger partial charge in [-0.2, -0.15) is 4.31 Å². The second-order valence-electron chi connectivity index (χ2n) is 42.0. The summed E-state index contributed by atoms with van der Waals surface area (Å²) in [5, 5.41) is 11.8. The van der Waals surface area contributed by atoms with E-state index in [-0.39, 0.29) is 23.9 Å². The first-order valence-electron chi connectivity index (χ1n) is 52.8. The molecule has 766 valence electrons. The Kier molecular flexibility index (Phi) is 52.5. The summed E-state index contributed by atoms with van der Waals surface area (Å²) in [6.45, 7) is 68.8. The first kappa shape index (κ1) is 116. The van der Waals surface area contributed by atoms with Gasteiger partial charge in [-0.05, 0) is 270 Å². The van der Waals surface area contributed by atoms with Crippen LogP contribution in [0.25, 0.3) is 0 Å². The second kappa shape index (κ2) is 61.3. The highest BCUT2D eigenvalue weighted by molar-refractivity contribution is 7.88. The number of Topliss-reactive ketones (excluding diaryl/α,β-unsaturated/α-hetero) is 1. The van der Waals surface area contributed by atoms with E-state index >= 15 is 0 Å².